The van der Waals surface area contributed by atoms with Gasteiger partial charge in [0.05, 0.1) is 23.9 Å². The number of nitrogens with zero attached hydrogens (tertiary/aromatic N) is 4. The van der Waals surface area contributed by atoms with Gasteiger partial charge in [0.2, 0.25) is 5.90 Å². The fourth-order valence-electron chi connectivity index (χ4n) is 3.16. The third-order valence-electron chi connectivity index (χ3n) is 4.57. The summed E-state index contributed by atoms with van der Waals surface area (Å²) in [5.74, 6) is 2.29. The Balaban J connectivity index is 1.55. The fourth-order valence-corrected chi connectivity index (χ4v) is 3.16. The van der Waals surface area contributed by atoms with Gasteiger partial charge in [-0.15, -0.1) is 0 Å². The molecule has 1 aliphatic heterocycles. The quantitative estimate of drug-likeness (QED) is 0.438. The summed E-state index contributed by atoms with van der Waals surface area (Å²) in [6.45, 7) is 2.32. The zero-order valence-electron chi connectivity index (χ0n) is 18.4. The number of aliphatic imine (C=N–C) groups is 3. The Bertz CT molecular complexity index is 1320. The van der Waals surface area contributed by atoms with Gasteiger partial charge in [0, 0.05) is 18.6 Å². The van der Waals surface area contributed by atoms with Crippen LogP contribution in [0.1, 0.15) is 17.5 Å². The molecule has 34 heavy (non-hydrogen) atoms. The van der Waals surface area contributed by atoms with Crippen molar-refractivity contribution in [1.82, 2.24) is 0 Å². The molecule has 0 unspecified atom stereocenters. The van der Waals surface area contributed by atoms with Gasteiger partial charge < -0.3 is 25.7 Å². The Kier molecular flexibility index (Phi) is 6.70. The summed E-state index contributed by atoms with van der Waals surface area (Å²) in [5.41, 5.74) is 12.9. The average Bonchev–Trinajstić information content (AvgIpc) is 2.80. The van der Waals surface area contributed by atoms with Crippen molar-refractivity contribution >= 4 is 23.6 Å². The maximum Gasteiger partial charge on any atom is 0.320 e. The van der Waals surface area contributed by atoms with E-state index in [0.717, 1.165) is 5.56 Å². The topological polar surface area (TPSA) is 141 Å². The van der Waals surface area contributed by atoms with Crippen LogP contribution in [0.25, 0.3) is 0 Å². The summed E-state index contributed by atoms with van der Waals surface area (Å²) in [7, 11) is 0. The number of benzene rings is 3. The van der Waals surface area contributed by atoms with Gasteiger partial charge in [-0.05, 0) is 48.9 Å². The number of para-hydroxylation sites is 1. The first-order chi connectivity index (χ1) is 16.5. The fraction of sp³-hybridized carbons (Fsp3) is 0.120. The lowest BCUT2D eigenvalue weighted by atomic mass is 10.2. The summed E-state index contributed by atoms with van der Waals surface area (Å²) >= 11 is 0. The van der Waals surface area contributed by atoms with Gasteiger partial charge in [0.15, 0.2) is 17.5 Å². The van der Waals surface area contributed by atoms with Gasteiger partial charge in [-0.1, -0.05) is 18.2 Å². The van der Waals surface area contributed by atoms with Crippen molar-refractivity contribution in [2.45, 2.75) is 13.3 Å². The molecule has 0 aliphatic carbocycles. The molecule has 0 spiro atoms. The van der Waals surface area contributed by atoms with Gasteiger partial charge in [-0.2, -0.15) is 10.3 Å². The van der Waals surface area contributed by atoms with E-state index in [1.165, 1.54) is 0 Å². The van der Waals surface area contributed by atoms with Crippen LogP contribution in [0.3, 0.4) is 0 Å². The molecule has 0 atom stereocenters. The first-order valence-corrected chi connectivity index (χ1v) is 10.4. The second-order valence-electron chi connectivity index (χ2n) is 7.35. The number of hydrogen-bond acceptors (Lipinski definition) is 7. The highest BCUT2D eigenvalue weighted by Gasteiger charge is 2.16. The van der Waals surface area contributed by atoms with E-state index in [4.69, 9.17) is 25.7 Å². The van der Waals surface area contributed by atoms with E-state index in [2.05, 4.69) is 21.0 Å². The summed E-state index contributed by atoms with van der Waals surface area (Å²) in [5, 5.41) is 9.31. The third kappa shape index (κ3) is 5.89. The van der Waals surface area contributed by atoms with Gasteiger partial charge in [-0.3, -0.25) is 0 Å². The number of aryl methyl sites for hydroxylation is 1. The standard InChI is InChI=1S/C25H22N6O3/c1-16-11-18(30-24(27)28)14-20(12-16)33-25-29-10-9-23(31-25)34-22-13-17(15-26)7-8-21(22)32-19-5-3-2-4-6-19/h2-8,11-14H,9-10H2,1H3,(H4,27,28,30). The van der Waals surface area contributed by atoms with Gasteiger partial charge in [0.1, 0.15) is 11.5 Å². The third-order valence-corrected chi connectivity index (χ3v) is 4.57. The van der Waals surface area contributed by atoms with E-state index in [1.54, 1.807) is 24.3 Å². The van der Waals surface area contributed by atoms with Crippen LogP contribution >= 0.6 is 0 Å². The lowest BCUT2D eigenvalue weighted by Crippen LogP contribution is -2.22. The highest BCUT2D eigenvalue weighted by atomic mass is 16.5. The zero-order chi connectivity index (χ0) is 23.9. The highest BCUT2D eigenvalue weighted by Crippen LogP contribution is 2.33. The second kappa shape index (κ2) is 10.2. The van der Waals surface area contributed by atoms with Crippen LogP contribution in [-0.2, 0) is 0 Å². The van der Waals surface area contributed by atoms with Crippen LogP contribution in [0, 0.1) is 18.3 Å². The van der Waals surface area contributed by atoms with Gasteiger partial charge in [0.25, 0.3) is 0 Å². The van der Waals surface area contributed by atoms with Crippen molar-refractivity contribution < 1.29 is 14.2 Å². The molecule has 170 valence electrons. The van der Waals surface area contributed by atoms with Gasteiger partial charge in [-0.25, -0.2) is 9.98 Å². The smallest absolute Gasteiger partial charge is 0.320 e. The molecular weight excluding hydrogens is 432 g/mol. The zero-order valence-corrected chi connectivity index (χ0v) is 18.4. The molecule has 1 heterocycles. The number of amidine groups is 1. The van der Waals surface area contributed by atoms with Crippen molar-refractivity contribution in [2.24, 2.45) is 26.4 Å². The van der Waals surface area contributed by atoms with Crippen LogP contribution in [0.4, 0.5) is 5.69 Å². The molecule has 0 bridgehead atoms. The van der Waals surface area contributed by atoms with Crippen molar-refractivity contribution in [3.63, 3.8) is 0 Å². The van der Waals surface area contributed by atoms with E-state index in [0.29, 0.717) is 53.1 Å². The van der Waals surface area contributed by atoms with Crippen LogP contribution in [0.15, 0.2) is 81.7 Å². The van der Waals surface area contributed by atoms with Crippen LogP contribution in [0.2, 0.25) is 0 Å². The molecule has 0 radical (unpaired) electrons. The van der Waals surface area contributed by atoms with E-state index in [-0.39, 0.29) is 12.0 Å². The van der Waals surface area contributed by atoms with E-state index >= 15 is 0 Å². The van der Waals surface area contributed by atoms with Crippen molar-refractivity contribution in [1.29, 1.82) is 5.26 Å². The predicted molar refractivity (Wildman–Crippen MR) is 130 cm³/mol. The molecule has 3 aromatic rings. The maximum absolute atomic E-state index is 9.31. The van der Waals surface area contributed by atoms with Crippen LogP contribution in [-0.4, -0.2) is 24.4 Å². The Morgan fingerprint density at radius 2 is 1.76 bits per heavy atom. The lowest BCUT2D eigenvalue weighted by molar-refractivity contribution is 0.436. The van der Waals surface area contributed by atoms with Crippen LogP contribution < -0.4 is 25.7 Å². The Hall–Kier alpha value is -4.84. The SMILES string of the molecule is Cc1cc(N=C(N)N)cc(OC2=NCCC(Oc3cc(C#N)ccc3Oc3ccccc3)=N2)c1. The molecular formula is C25H22N6O3. The number of rotatable bonds is 5. The molecule has 9 heteroatoms. The molecule has 0 aromatic heterocycles. The van der Waals surface area contributed by atoms with E-state index in [1.807, 2.05) is 49.4 Å². The minimum atomic E-state index is -0.0478. The Morgan fingerprint density at radius 1 is 0.941 bits per heavy atom. The number of guanidine groups is 1. The molecule has 0 amide bonds. The minimum absolute atomic E-state index is 0.0478. The Labute approximate surface area is 196 Å². The molecule has 9 nitrogen and oxygen atoms in total. The molecule has 0 fully saturated rings. The summed E-state index contributed by atoms with van der Waals surface area (Å²) in [6.07, 6.45) is 0.460. The molecule has 0 saturated heterocycles. The average molecular weight is 454 g/mol. The van der Waals surface area contributed by atoms with Crippen LogP contribution in [0.5, 0.6) is 23.0 Å². The Morgan fingerprint density at radius 3 is 2.53 bits per heavy atom. The van der Waals surface area contributed by atoms with E-state index in [9.17, 15) is 5.26 Å². The summed E-state index contributed by atoms with van der Waals surface area (Å²) in [4.78, 5) is 12.8. The molecule has 4 rings (SSSR count). The molecule has 3 aromatic carbocycles. The predicted octanol–water partition coefficient (Wildman–Crippen LogP) is 4.18. The first kappa shape index (κ1) is 22.4. The monoisotopic (exact) mass is 454 g/mol. The number of nitrogens with two attached hydrogens (primary N) is 2. The molecule has 0 saturated carbocycles. The number of ether oxygens (including phenoxy) is 3. The molecule has 4 N–H and O–H groups in total. The normalized spacial score (nSPS) is 12.6. The second-order valence-corrected chi connectivity index (χ2v) is 7.35. The highest BCUT2D eigenvalue weighted by molar-refractivity contribution is 5.94. The summed E-state index contributed by atoms with van der Waals surface area (Å²) < 4.78 is 17.8. The number of nitriles is 1. The van der Waals surface area contributed by atoms with Gasteiger partial charge >= 0.3 is 6.02 Å². The first-order valence-electron chi connectivity index (χ1n) is 10.4. The summed E-state index contributed by atoms with van der Waals surface area (Å²) in [6, 6.07) is 21.8. The van der Waals surface area contributed by atoms with E-state index < -0.39 is 0 Å². The van der Waals surface area contributed by atoms with Crippen molar-refractivity contribution in [3.8, 4) is 29.1 Å². The maximum atomic E-state index is 9.31. The van der Waals surface area contributed by atoms with Crippen molar-refractivity contribution in [2.75, 3.05) is 6.54 Å². The largest absolute Gasteiger partial charge is 0.453 e. The lowest BCUT2D eigenvalue weighted by Gasteiger charge is -2.16. The van der Waals surface area contributed by atoms with Crippen molar-refractivity contribution in [3.05, 3.63) is 77.9 Å². The number of hydrogen-bond donors (Lipinski definition) is 2. The minimum Gasteiger partial charge on any atom is -0.453 e. The molecule has 1 aliphatic rings.